The van der Waals surface area contributed by atoms with Crippen LogP contribution in [0.1, 0.15) is 30.4 Å². The second-order valence-corrected chi connectivity index (χ2v) is 7.33. The molecule has 0 radical (unpaired) electrons. The molecule has 2 atom stereocenters. The lowest BCUT2D eigenvalue weighted by Crippen LogP contribution is -2.46. The van der Waals surface area contributed by atoms with E-state index in [1.165, 1.54) is 24.0 Å². The predicted molar refractivity (Wildman–Crippen MR) is 101 cm³/mol. The fraction of sp³-hybridized carbons (Fsp3) is 0.650. The molecular weight excluding hydrogens is 312 g/mol. The van der Waals surface area contributed by atoms with E-state index in [9.17, 15) is 0 Å². The first-order chi connectivity index (χ1) is 12.3. The van der Waals surface area contributed by atoms with Crippen LogP contribution in [0.2, 0.25) is 0 Å². The fourth-order valence-electron chi connectivity index (χ4n) is 4.32. The van der Waals surface area contributed by atoms with Gasteiger partial charge in [-0.2, -0.15) is 0 Å². The first-order valence-corrected chi connectivity index (χ1v) is 9.78. The van der Waals surface area contributed by atoms with E-state index in [4.69, 9.17) is 9.73 Å². The van der Waals surface area contributed by atoms with Crippen LogP contribution in [0.5, 0.6) is 0 Å². The summed E-state index contributed by atoms with van der Waals surface area (Å²) in [6.45, 7) is 10.1. The van der Waals surface area contributed by atoms with Gasteiger partial charge < -0.3 is 15.0 Å². The van der Waals surface area contributed by atoms with Crippen molar-refractivity contribution < 1.29 is 4.74 Å². The van der Waals surface area contributed by atoms with Crippen molar-refractivity contribution in [2.75, 3.05) is 52.5 Å². The molecule has 2 aliphatic heterocycles. The molecule has 3 aliphatic rings. The molecular formula is C20H30N4O. The quantitative estimate of drug-likeness (QED) is 0.668. The van der Waals surface area contributed by atoms with E-state index < -0.39 is 0 Å². The number of fused-ring (bicyclic) bond motifs is 1. The highest BCUT2D eigenvalue weighted by molar-refractivity contribution is 5.80. The highest BCUT2D eigenvalue weighted by Crippen LogP contribution is 2.34. The Kier molecular flexibility index (Phi) is 5.22. The zero-order valence-electron chi connectivity index (χ0n) is 15.3. The van der Waals surface area contributed by atoms with Gasteiger partial charge in [0.2, 0.25) is 0 Å². The first kappa shape index (κ1) is 16.9. The molecule has 2 fully saturated rings. The topological polar surface area (TPSA) is 40.1 Å². The largest absolute Gasteiger partial charge is 0.379 e. The summed E-state index contributed by atoms with van der Waals surface area (Å²) in [7, 11) is 0. The smallest absolute Gasteiger partial charge is 0.193 e. The summed E-state index contributed by atoms with van der Waals surface area (Å²) in [5.74, 6) is 1.70. The molecule has 2 heterocycles. The molecule has 0 aromatic heterocycles. The Morgan fingerprint density at radius 1 is 1.24 bits per heavy atom. The van der Waals surface area contributed by atoms with Gasteiger partial charge in [0.1, 0.15) is 0 Å². The summed E-state index contributed by atoms with van der Waals surface area (Å²) in [6, 6.07) is 9.44. The van der Waals surface area contributed by atoms with Gasteiger partial charge in [-0.3, -0.25) is 9.89 Å². The molecule has 5 heteroatoms. The number of guanidine groups is 1. The fourth-order valence-corrected chi connectivity index (χ4v) is 4.32. The van der Waals surface area contributed by atoms with Crippen LogP contribution in [0.3, 0.4) is 0 Å². The SMILES string of the molecule is CCNC(=NCC1Cc2ccccc21)N1CCC(N2CCOCC2)C1. The first-order valence-electron chi connectivity index (χ1n) is 9.78. The number of morpholine rings is 1. The van der Waals surface area contributed by atoms with E-state index in [2.05, 4.69) is 46.3 Å². The van der Waals surface area contributed by atoms with Gasteiger partial charge in [-0.15, -0.1) is 0 Å². The van der Waals surface area contributed by atoms with E-state index >= 15 is 0 Å². The minimum Gasteiger partial charge on any atom is -0.379 e. The minimum absolute atomic E-state index is 0.600. The normalized spacial score (nSPS) is 27.1. The molecule has 1 aromatic carbocycles. The van der Waals surface area contributed by atoms with Gasteiger partial charge in [0, 0.05) is 51.2 Å². The minimum atomic E-state index is 0.600. The zero-order valence-corrected chi connectivity index (χ0v) is 15.3. The Bertz CT molecular complexity index is 611. The molecule has 1 N–H and O–H groups in total. The highest BCUT2D eigenvalue weighted by Gasteiger charge is 2.31. The Hall–Kier alpha value is -1.59. The molecule has 2 saturated heterocycles. The lowest BCUT2D eigenvalue weighted by atomic mass is 9.78. The number of hydrogen-bond donors (Lipinski definition) is 1. The summed E-state index contributed by atoms with van der Waals surface area (Å²) in [5, 5.41) is 3.51. The summed E-state index contributed by atoms with van der Waals surface area (Å²) in [4.78, 5) is 10.0. The van der Waals surface area contributed by atoms with E-state index in [0.29, 0.717) is 12.0 Å². The van der Waals surface area contributed by atoms with Crippen molar-refractivity contribution in [3.63, 3.8) is 0 Å². The Labute approximate surface area is 151 Å². The third-order valence-corrected chi connectivity index (χ3v) is 5.78. The van der Waals surface area contributed by atoms with Crippen molar-refractivity contribution in [2.24, 2.45) is 4.99 Å². The molecule has 0 spiro atoms. The van der Waals surface area contributed by atoms with Crippen molar-refractivity contribution in [1.82, 2.24) is 15.1 Å². The number of benzene rings is 1. The van der Waals surface area contributed by atoms with Crippen LogP contribution in [0.25, 0.3) is 0 Å². The van der Waals surface area contributed by atoms with Gasteiger partial charge in [-0.25, -0.2) is 0 Å². The van der Waals surface area contributed by atoms with E-state index in [1.54, 1.807) is 0 Å². The van der Waals surface area contributed by atoms with Crippen LogP contribution in [0, 0.1) is 0 Å². The average Bonchev–Trinajstić information content (AvgIpc) is 3.12. The maximum absolute atomic E-state index is 5.49. The molecule has 0 amide bonds. The van der Waals surface area contributed by atoms with E-state index in [1.807, 2.05) is 0 Å². The third kappa shape index (κ3) is 3.67. The number of aliphatic imine (C=N–C) groups is 1. The van der Waals surface area contributed by atoms with Crippen molar-refractivity contribution in [2.45, 2.75) is 31.7 Å². The van der Waals surface area contributed by atoms with Crippen molar-refractivity contribution in [3.8, 4) is 0 Å². The maximum Gasteiger partial charge on any atom is 0.193 e. The maximum atomic E-state index is 5.49. The van der Waals surface area contributed by atoms with Gasteiger partial charge in [0.05, 0.1) is 13.2 Å². The van der Waals surface area contributed by atoms with Crippen LogP contribution in [-0.4, -0.2) is 74.3 Å². The van der Waals surface area contributed by atoms with Crippen LogP contribution < -0.4 is 5.32 Å². The molecule has 25 heavy (non-hydrogen) atoms. The van der Waals surface area contributed by atoms with Gasteiger partial charge in [-0.1, -0.05) is 24.3 Å². The molecule has 1 aromatic rings. The third-order valence-electron chi connectivity index (χ3n) is 5.78. The van der Waals surface area contributed by atoms with E-state index in [-0.39, 0.29) is 0 Å². The van der Waals surface area contributed by atoms with Gasteiger partial charge in [-0.05, 0) is 30.9 Å². The summed E-state index contributed by atoms with van der Waals surface area (Å²) in [6.07, 6.45) is 2.41. The van der Waals surface area contributed by atoms with Crippen LogP contribution in [0.15, 0.2) is 29.3 Å². The summed E-state index contributed by atoms with van der Waals surface area (Å²) >= 11 is 0. The van der Waals surface area contributed by atoms with Crippen LogP contribution in [-0.2, 0) is 11.2 Å². The summed E-state index contributed by atoms with van der Waals surface area (Å²) in [5.41, 5.74) is 3.00. The molecule has 0 saturated carbocycles. The molecule has 4 rings (SSSR count). The number of nitrogens with one attached hydrogen (secondary N) is 1. The van der Waals surface area contributed by atoms with Crippen molar-refractivity contribution >= 4 is 5.96 Å². The van der Waals surface area contributed by atoms with Gasteiger partial charge in [0.15, 0.2) is 5.96 Å². The van der Waals surface area contributed by atoms with Gasteiger partial charge in [0.25, 0.3) is 0 Å². The predicted octanol–water partition coefficient (Wildman–Crippen LogP) is 1.70. The molecule has 2 unspecified atom stereocenters. The molecule has 5 nitrogen and oxygen atoms in total. The molecule has 1 aliphatic carbocycles. The summed E-state index contributed by atoms with van der Waals surface area (Å²) < 4.78 is 5.49. The molecule has 0 bridgehead atoms. The zero-order chi connectivity index (χ0) is 17.1. The second-order valence-electron chi connectivity index (χ2n) is 7.33. The monoisotopic (exact) mass is 342 g/mol. The average molecular weight is 342 g/mol. The number of ether oxygens (including phenoxy) is 1. The second kappa shape index (κ2) is 7.75. The number of nitrogens with zero attached hydrogens (tertiary/aromatic N) is 3. The lowest BCUT2D eigenvalue weighted by Gasteiger charge is -2.32. The lowest BCUT2D eigenvalue weighted by molar-refractivity contribution is 0.0195. The van der Waals surface area contributed by atoms with Crippen molar-refractivity contribution in [3.05, 3.63) is 35.4 Å². The number of rotatable bonds is 4. The Morgan fingerprint density at radius 3 is 2.88 bits per heavy atom. The van der Waals surface area contributed by atoms with Crippen LogP contribution >= 0.6 is 0 Å². The van der Waals surface area contributed by atoms with Gasteiger partial charge >= 0.3 is 0 Å². The highest BCUT2D eigenvalue weighted by atomic mass is 16.5. The van der Waals surface area contributed by atoms with E-state index in [0.717, 1.165) is 58.4 Å². The Balaban J connectivity index is 1.36. The van der Waals surface area contributed by atoms with Crippen molar-refractivity contribution in [1.29, 1.82) is 0 Å². The van der Waals surface area contributed by atoms with Crippen LogP contribution in [0.4, 0.5) is 0 Å². The Morgan fingerprint density at radius 2 is 2.08 bits per heavy atom. The molecule has 136 valence electrons. The number of likely N-dealkylation sites (tertiary alicyclic amines) is 1. The standard InChI is InChI=1S/C20H30N4O/c1-2-21-20(22-14-17-13-16-5-3-4-6-19(16)17)24-8-7-18(15-24)23-9-11-25-12-10-23/h3-6,17-18H,2,7-15H2,1H3,(H,21,22). The number of hydrogen-bond acceptors (Lipinski definition) is 3.